The Morgan fingerprint density at radius 2 is 1.95 bits per heavy atom. The van der Waals surface area contributed by atoms with Crippen molar-refractivity contribution in [2.75, 3.05) is 33.2 Å². The first-order chi connectivity index (χ1) is 9.95. The maximum Gasteiger partial charge on any atom is 0.243 e. The number of nitrogens with zero attached hydrogens (tertiary/aromatic N) is 2. The summed E-state index contributed by atoms with van der Waals surface area (Å²) < 4.78 is 26.8. The molecule has 0 aliphatic carbocycles. The van der Waals surface area contributed by atoms with Crippen molar-refractivity contribution in [1.82, 2.24) is 9.21 Å². The molecule has 1 aromatic carbocycles. The molecule has 0 N–H and O–H groups in total. The van der Waals surface area contributed by atoms with Gasteiger partial charge in [0.15, 0.2) is 0 Å². The van der Waals surface area contributed by atoms with Crippen molar-refractivity contribution in [1.29, 1.82) is 0 Å². The van der Waals surface area contributed by atoms with E-state index in [4.69, 9.17) is 11.6 Å². The fourth-order valence-electron chi connectivity index (χ4n) is 2.58. The van der Waals surface area contributed by atoms with E-state index < -0.39 is 10.0 Å². The molecule has 1 heterocycles. The van der Waals surface area contributed by atoms with Gasteiger partial charge in [0.05, 0.1) is 4.90 Å². The maximum absolute atomic E-state index is 12.7. The molecule has 0 spiro atoms. The lowest BCUT2D eigenvalue weighted by Crippen LogP contribution is -2.35. The molecule has 2 rings (SSSR count). The van der Waals surface area contributed by atoms with Crippen molar-refractivity contribution in [3.63, 3.8) is 0 Å². The molecule has 1 aliphatic heterocycles. The molecule has 0 amide bonds. The van der Waals surface area contributed by atoms with E-state index in [1.54, 1.807) is 13.1 Å². The third-order valence-electron chi connectivity index (χ3n) is 4.02. The average molecular weight is 331 g/mol. The molecule has 21 heavy (non-hydrogen) atoms. The minimum Gasteiger partial charge on any atom is -0.302 e. The maximum atomic E-state index is 12.7. The number of hydrogen-bond acceptors (Lipinski definition) is 3. The summed E-state index contributed by atoms with van der Waals surface area (Å²) in [7, 11) is -1.79. The summed E-state index contributed by atoms with van der Waals surface area (Å²) in [4.78, 5) is 2.68. The van der Waals surface area contributed by atoms with Crippen molar-refractivity contribution in [2.45, 2.75) is 30.5 Å². The van der Waals surface area contributed by atoms with E-state index in [-0.39, 0.29) is 0 Å². The normalized spacial score (nSPS) is 16.8. The molecule has 118 valence electrons. The van der Waals surface area contributed by atoms with Crippen LogP contribution in [0.4, 0.5) is 0 Å². The second kappa shape index (κ2) is 7.09. The van der Waals surface area contributed by atoms with Crippen LogP contribution < -0.4 is 0 Å². The SMILES string of the molecule is Cc1ccc(CCl)cc1S(=O)(=O)N(C)CCN1CCCC1. The van der Waals surface area contributed by atoms with Crippen molar-refractivity contribution < 1.29 is 8.42 Å². The van der Waals surface area contributed by atoms with Gasteiger partial charge in [0, 0.05) is 26.0 Å². The summed E-state index contributed by atoms with van der Waals surface area (Å²) in [6.45, 7) is 5.29. The zero-order valence-electron chi connectivity index (χ0n) is 12.7. The van der Waals surface area contributed by atoms with E-state index in [9.17, 15) is 8.42 Å². The summed E-state index contributed by atoms with van der Waals surface area (Å²) >= 11 is 5.81. The smallest absolute Gasteiger partial charge is 0.243 e. The van der Waals surface area contributed by atoms with Crippen LogP contribution in [0.5, 0.6) is 0 Å². The van der Waals surface area contributed by atoms with E-state index in [1.807, 2.05) is 19.1 Å². The molecule has 1 aliphatic rings. The monoisotopic (exact) mass is 330 g/mol. The topological polar surface area (TPSA) is 40.6 Å². The molecule has 4 nitrogen and oxygen atoms in total. The lowest BCUT2D eigenvalue weighted by atomic mass is 10.2. The molecule has 1 aromatic rings. The van der Waals surface area contributed by atoms with Gasteiger partial charge in [-0.1, -0.05) is 12.1 Å². The number of benzene rings is 1. The molecule has 6 heteroatoms. The van der Waals surface area contributed by atoms with Gasteiger partial charge in [-0.3, -0.25) is 0 Å². The minimum atomic E-state index is -3.45. The third kappa shape index (κ3) is 3.97. The number of rotatable bonds is 6. The van der Waals surface area contributed by atoms with E-state index >= 15 is 0 Å². The summed E-state index contributed by atoms with van der Waals surface area (Å²) in [5, 5.41) is 0. The Kier molecular flexibility index (Phi) is 5.66. The quantitative estimate of drug-likeness (QED) is 0.752. The number of sulfonamides is 1. The summed E-state index contributed by atoms with van der Waals surface area (Å²) in [6.07, 6.45) is 2.43. The number of likely N-dealkylation sites (N-methyl/N-ethyl adjacent to an activating group) is 1. The first-order valence-electron chi connectivity index (χ1n) is 7.29. The Morgan fingerprint density at radius 1 is 1.29 bits per heavy atom. The first kappa shape index (κ1) is 16.7. The number of halogens is 1. The van der Waals surface area contributed by atoms with Crippen molar-refractivity contribution in [3.05, 3.63) is 29.3 Å². The van der Waals surface area contributed by atoms with Gasteiger partial charge >= 0.3 is 0 Å². The Labute approximate surface area is 132 Å². The van der Waals surface area contributed by atoms with Crippen LogP contribution >= 0.6 is 11.6 Å². The fraction of sp³-hybridized carbons (Fsp3) is 0.600. The third-order valence-corrected chi connectivity index (χ3v) is 6.33. The van der Waals surface area contributed by atoms with Crippen molar-refractivity contribution >= 4 is 21.6 Å². The van der Waals surface area contributed by atoms with Crippen LogP contribution in [0.25, 0.3) is 0 Å². The summed E-state index contributed by atoms with van der Waals surface area (Å²) in [6, 6.07) is 5.37. The van der Waals surface area contributed by atoms with E-state index in [0.717, 1.165) is 30.8 Å². The van der Waals surface area contributed by atoms with Gasteiger partial charge in [0.2, 0.25) is 10.0 Å². The van der Waals surface area contributed by atoms with Gasteiger partial charge < -0.3 is 4.90 Å². The number of hydrogen-bond donors (Lipinski definition) is 0. The lowest BCUT2D eigenvalue weighted by Gasteiger charge is -2.22. The van der Waals surface area contributed by atoms with Crippen molar-refractivity contribution in [2.24, 2.45) is 0 Å². The highest BCUT2D eigenvalue weighted by molar-refractivity contribution is 7.89. The largest absolute Gasteiger partial charge is 0.302 e. The second-order valence-electron chi connectivity index (χ2n) is 5.61. The number of alkyl halides is 1. The first-order valence-corrected chi connectivity index (χ1v) is 9.27. The Bertz CT molecular complexity index is 583. The highest BCUT2D eigenvalue weighted by atomic mass is 35.5. The highest BCUT2D eigenvalue weighted by Crippen LogP contribution is 2.21. The van der Waals surface area contributed by atoms with E-state index in [2.05, 4.69) is 4.90 Å². The summed E-state index contributed by atoms with van der Waals surface area (Å²) in [5.74, 6) is 0.320. The molecular weight excluding hydrogens is 308 g/mol. The van der Waals surface area contributed by atoms with Crippen molar-refractivity contribution in [3.8, 4) is 0 Å². The van der Waals surface area contributed by atoms with Gasteiger partial charge in [-0.05, 0) is 50.0 Å². The van der Waals surface area contributed by atoms with Crippen LogP contribution in [0.15, 0.2) is 23.1 Å². The zero-order chi connectivity index (χ0) is 15.5. The predicted molar refractivity (Wildman–Crippen MR) is 86.2 cm³/mol. The van der Waals surface area contributed by atoms with Gasteiger partial charge in [0.1, 0.15) is 0 Å². The van der Waals surface area contributed by atoms with Gasteiger partial charge in [-0.2, -0.15) is 4.31 Å². The second-order valence-corrected chi connectivity index (χ2v) is 7.89. The number of aryl methyl sites for hydroxylation is 1. The Morgan fingerprint density at radius 3 is 2.57 bits per heavy atom. The molecule has 1 saturated heterocycles. The van der Waals surface area contributed by atoms with Gasteiger partial charge in [0.25, 0.3) is 0 Å². The van der Waals surface area contributed by atoms with Crippen LogP contribution in [0.2, 0.25) is 0 Å². The number of likely N-dealkylation sites (tertiary alicyclic amines) is 1. The molecule has 1 fully saturated rings. The van der Waals surface area contributed by atoms with Crippen LogP contribution in [0, 0.1) is 6.92 Å². The highest BCUT2D eigenvalue weighted by Gasteiger charge is 2.24. The molecule has 0 aromatic heterocycles. The van der Waals surface area contributed by atoms with E-state index in [0.29, 0.717) is 17.3 Å². The van der Waals surface area contributed by atoms with Gasteiger partial charge in [-0.25, -0.2) is 8.42 Å². The fourth-order valence-corrected chi connectivity index (χ4v) is 4.18. The predicted octanol–water partition coefficient (Wildman–Crippen LogP) is 2.45. The molecule has 0 radical (unpaired) electrons. The Hall–Kier alpha value is -0.620. The van der Waals surface area contributed by atoms with Crippen LogP contribution in [0.3, 0.4) is 0 Å². The van der Waals surface area contributed by atoms with Crippen LogP contribution in [0.1, 0.15) is 24.0 Å². The molecule has 0 bridgehead atoms. The standard InChI is InChI=1S/C15H23ClN2O2S/c1-13-5-6-14(12-16)11-15(13)21(19,20)17(2)9-10-18-7-3-4-8-18/h5-6,11H,3-4,7-10,12H2,1-2H3. The molecular formula is C15H23ClN2O2S. The molecule has 0 saturated carbocycles. The van der Waals surface area contributed by atoms with Gasteiger partial charge in [-0.15, -0.1) is 11.6 Å². The Balaban J connectivity index is 2.12. The van der Waals surface area contributed by atoms with Crippen LogP contribution in [-0.2, 0) is 15.9 Å². The average Bonchev–Trinajstić information content (AvgIpc) is 2.98. The lowest BCUT2D eigenvalue weighted by molar-refractivity contribution is 0.310. The summed E-state index contributed by atoms with van der Waals surface area (Å²) in [5.41, 5.74) is 1.59. The zero-order valence-corrected chi connectivity index (χ0v) is 14.3. The van der Waals surface area contributed by atoms with E-state index in [1.165, 1.54) is 17.1 Å². The molecule has 0 unspecified atom stereocenters. The molecule has 0 atom stereocenters. The minimum absolute atomic E-state index is 0.320. The van der Waals surface area contributed by atoms with Crippen LogP contribution in [-0.4, -0.2) is 50.8 Å².